The number of benzene rings is 3. The Bertz CT molecular complexity index is 1730. The summed E-state index contributed by atoms with van der Waals surface area (Å²) in [5.41, 5.74) is 2.82. The molecule has 1 aliphatic rings. The van der Waals surface area contributed by atoms with Crippen LogP contribution in [0, 0.1) is 6.92 Å². The predicted molar refractivity (Wildman–Crippen MR) is 173 cm³/mol. The quantitative estimate of drug-likeness (QED) is 0.209. The molecule has 236 valence electrons. The molecule has 1 fully saturated rings. The molecule has 0 bridgehead atoms. The topological polar surface area (TPSA) is 136 Å². The van der Waals surface area contributed by atoms with Crippen molar-refractivity contribution in [1.82, 2.24) is 24.4 Å². The number of carbonyl (C=O) groups excluding carboxylic acids is 2. The van der Waals surface area contributed by atoms with Crippen LogP contribution in [0.5, 0.6) is 5.75 Å². The van der Waals surface area contributed by atoms with Gasteiger partial charge in [0.25, 0.3) is 5.91 Å². The van der Waals surface area contributed by atoms with E-state index in [4.69, 9.17) is 4.74 Å². The highest BCUT2D eigenvalue weighted by Crippen LogP contribution is 2.25. The summed E-state index contributed by atoms with van der Waals surface area (Å²) in [5, 5.41) is 14.9. The standard InChI is InChI=1S/C32H36N6O5S2/c1-3-43-27-14-12-26(13-15-27)38-29(35-36-32(38)44-22-30(39)34-25-9-7-8-23(2)20-25)21-33-31(40)24-10-16-28(17-11-24)45(41,42)37-18-5-4-6-19-37/h7-17,20H,3-6,18-19,21-22H2,1-2H3,(H,33,40)(H,34,39). The average Bonchev–Trinajstić information content (AvgIpc) is 3.46. The van der Waals surface area contributed by atoms with Crippen molar-refractivity contribution in [2.24, 2.45) is 0 Å². The zero-order chi connectivity index (χ0) is 31.8. The second-order valence-corrected chi connectivity index (χ2v) is 13.4. The maximum absolute atomic E-state index is 13.1. The van der Waals surface area contributed by atoms with Gasteiger partial charge in [-0.15, -0.1) is 10.2 Å². The number of anilines is 1. The van der Waals surface area contributed by atoms with E-state index in [1.807, 2.05) is 62.4 Å². The minimum absolute atomic E-state index is 0.0446. The van der Waals surface area contributed by atoms with Crippen LogP contribution in [0.25, 0.3) is 5.69 Å². The van der Waals surface area contributed by atoms with E-state index in [1.165, 1.54) is 40.3 Å². The van der Waals surface area contributed by atoms with Gasteiger partial charge in [-0.05, 0) is 92.9 Å². The van der Waals surface area contributed by atoms with E-state index in [2.05, 4.69) is 20.8 Å². The van der Waals surface area contributed by atoms with Crippen LogP contribution >= 0.6 is 11.8 Å². The maximum atomic E-state index is 13.1. The summed E-state index contributed by atoms with van der Waals surface area (Å²) >= 11 is 1.23. The number of carbonyl (C=O) groups is 2. The molecule has 2 heterocycles. The molecule has 0 radical (unpaired) electrons. The summed E-state index contributed by atoms with van der Waals surface area (Å²) in [4.78, 5) is 25.9. The highest BCUT2D eigenvalue weighted by molar-refractivity contribution is 7.99. The van der Waals surface area contributed by atoms with Crippen LogP contribution in [0.4, 0.5) is 5.69 Å². The first-order valence-electron chi connectivity index (χ1n) is 14.8. The van der Waals surface area contributed by atoms with Gasteiger partial charge in [0.1, 0.15) is 5.75 Å². The number of ether oxygens (including phenoxy) is 1. The molecule has 5 rings (SSSR count). The number of rotatable bonds is 12. The Morgan fingerprint density at radius 1 is 0.956 bits per heavy atom. The van der Waals surface area contributed by atoms with Gasteiger partial charge >= 0.3 is 0 Å². The second-order valence-electron chi connectivity index (χ2n) is 10.5. The number of nitrogens with zero attached hydrogens (tertiary/aromatic N) is 4. The van der Waals surface area contributed by atoms with Crippen molar-refractivity contribution >= 4 is 39.3 Å². The van der Waals surface area contributed by atoms with Gasteiger partial charge in [0.2, 0.25) is 15.9 Å². The van der Waals surface area contributed by atoms with Crippen molar-refractivity contribution in [3.05, 3.63) is 89.7 Å². The van der Waals surface area contributed by atoms with Gasteiger partial charge in [-0.3, -0.25) is 14.2 Å². The first kappa shape index (κ1) is 32.2. The average molecular weight is 649 g/mol. The van der Waals surface area contributed by atoms with E-state index in [-0.39, 0.29) is 29.0 Å². The van der Waals surface area contributed by atoms with Crippen molar-refractivity contribution in [3.63, 3.8) is 0 Å². The molecule has 1 aliphatic heterocycles. The van der Waals surface area contributed by atoms with Gasteiger partial charge in [0.15, 0.2) is 11.0 Å². The summed E-state index contributed by atoms with van der Waals surface area (Å²) < 4.78 is 34.8. The van der Waals surface area contributed by atoms with Gasteiger partial charge in [-0.1, -0.05) is 30.3 Å². The fourth-order valence-corrected chi connectivity index (χ4v) is 7.26. The zero-order valence-corrected chi connectivity index (χ0v) is 26.9. The van der Waals surface area contributed by atoms with Gasteiger partial charge in [0.05, 0.1) is 23.8 Å². The number of nitrogens with one attached hydrogen (secondary N) is 2. The number of sulfonamides is 1. The van der Waals surface area contributed by atoms with E-state index in [9.17, 15) is 18.0 Å². The molecular formula is C32H36N6O5S2. The smallest absolute Gasteiger partial charge is 0.251 e. The van der Waals surface area contributed by atoms with Crippen LogP contribution in [-0.4, -0.2) is 64.8 Å². The molecule has 3 aromatic carbocycles. The van der Waals surface area contributed by atoms with Crippen LogP contribution in [0.2, 0.25) is 0 Å². The van der Waals surface area contributed by atoms with E-state index in [0.29, 0.717) is 47.7 Å². The minimum atomic E-state index is -3.59. The number of amides is 2. The van der Waals surface area contributed by atoms with Crippen molar-refractivity contribution in [1.29, 1.82) is 0 Å². The third kappa shape index (κ3) is 8.10. The Kier molecular flexibility index (Phi) is 10.5. The molecule has 1 saturated heterocycles. The largest absolute Gasteiger partial charge is 0.494 e. The Hall–Kier alpha value is -4.20. The van der Waals surface area contributed by atoms with E-state index in [0.717, 1.165) is 30.5 Å². The predicted octanol–water partition coefficient (Wildman–Crippen LogP) is 4.81. The van der Waals surface area contributed by atoms with E-state index < -0.39 is 10.0 Å². The lowest BCUT2D eigenvalue weighted by Gasteiger charge is -2.25. The molecule has 4 aromatic rings. The lowest BCUT2D eigenvalue weighted by Crippen LogP contribution is -2.35. The fraction of sp³-hybridized carbons (Fsp3) is 0.312. The van der Waals surface area contributed by atoms with Crippen LogP contribution in [0.15, 0.2) is 82.8 Å². The third-order valence-electron chi connectivity index (χ3n) is 7.22. The van der Waals surface area contributed by atoms with E-state index in [1.54, 1.807) is 4.57 Å². The van der Waals surface area contributed by atoms with Crippen LogP contribution in [0.3, 0.4) is 0 Å². The first-order valence-corrected chi connectivity index (χ1v) is 17.2. The Labute approximate surface area is 267 Å². The Balaban J connectivity index is 1.29. The lowest BCUT2D eigenvalue weighted by molar-refractivity contribution is -0.113. The van der Waals surface area contributed by atoms with Gasteiger partial charge < -0.3 is 15.4 Å². The molecule has 13 heteroatoms. The summed E-state index contributed by atoms with van der Waals surface area (Å²) in [7, 11) is -3.59. The van der Waals surface area contributed by atoms with Crippen molar-refractivity contribution in [2.75, 3.05) is 30.8 Å². The molecule has 0 unspecified atom stereocenters. The summed E-state index contributed by atoms with van der Waals surface area (Å²) in [6.45, 7) is 5.47. The van der Waals surface area contributed by atoms with Gasteiger partial charge in [0, 0.05) is 30.0 Å². The first-order chi connectivity index (χ1) is 21.7. The van der Waals surface area contributed by atoms with Crippen LogP contribution in [0.1, 0.15) is 47.9 Å². The SMILES string of the molecule is CCOc1ccc(-n2c(CNC(=O)c3ccc(S(=O)(=O)N4CCCCC4)cc3)nnc2SCC(=O)Nc2cccc(C)c2)cc1. The molecule has 0 atom stereocenters. The Morgan fingerprint density at radius 2 is 1.69 bits per heavy atom. The summed E-state index contributed by atoms with van der Waals surface area (Å²) in [6.07, 6.45) is 2.73. The lowest BCUT2D eigenvalue weighted by atomic mass is 10.2. The molecule has 11 nitrogen and oxygen atoms in total. The summed E-state index contributed by atoms with van der Waals surface area (Å²) in [5.74, 6) is 0.694. The second kappa shape index (κ2) is 14.7. The van der Waals surface area contributed by atoms with Crippen LogP contribution < -0.4 is 15.4 Å². The molecular weight excluding hydrogens is 613 g/mol. The number of hydrogen-bond donors (Lipinski definition) is 2. The van der Waals surface area contributed by atoms with Gasteiger partial charge in [-0.2, -0.15) is 4.31 Å². The van der Waals surface area contributed by atoms with Crippen molar-refractivity contribution in [3.8, 4) is 11.4 Å². The number of aromatic nitrogens is 3. The zero-order valence-electron chi connectivity index (χ0n) is 25.2. The van der Waals surface area contributed by atoms with Gasteiger partial charge in [-0.25, -0.2) is 8.42 Å². The molecule has 0 aliphatic carbocycles. The van der Waals surface area contributed by atoms with Crippen molar-refractivity contribution < 1.29 is 22.7 Å². The molecule has 0 spiro atoms. The van der Waals surface area contributed by atoms with E-state index >= 15 is 0 Å². The minimum Gasteiger partial charge on any atom is -0.494 e. The van der Waals surface area contributed by atoms with Crippen molar-refractivity contribution in [2.45, 2.75) is 49.7 Å². The maximum Gasteiger partial charge on any atom is 0.251 e. The third-order valence-corrected chi connectivity index (χ3v) is 10.1. The summed E-state index contributed by atoms with van der Waals surface area (Å²) in [6, 6.07) is 20.9. The number of aryl methyl sites for hydroxylation is 1. The Morgan fingerprint density at radius 3 is 2.38 bits per heavy atom. The molecule has 1 aromatic heterocycles. The van der Waals surface area contributed by atoms with Crippen LogP contribution in [-0.2, 0) is 21.4 Å². The highest BCUT2D eigenvalue weighted by Gasteiger charge is 2.26. The molecule has 45 heavy (non-hydrogen) atoms. The normalized spacial score (nSPS) is 13.7. The molecule has 0 saturated carbocycles. The monoisotopic (exact) mass is 648 g/mol. The molecule has 2 N–H and O–H groups in total. The number of piperidine rings is 1. The fourth-order valence-electron chi connectivity index (χ4n) is 4.97. The number of hydrogen-bond acceptors (Lipinski definition) is 8. The molecule has 2 amide bonds. The number of thioether (sulfide) groups is 1. The highest BCUT2D eigenvalue weighted by atomic mass is 32.2.